The van der Waals surface area contributed by atoms with Crippen LogP contribution < -0.4 is 0 Å². The SMILES string of the molecule is CC(C)(C)OC(=O)N1CCS(=O)(=O)C(C)(c2ncc(Cc3ccccc3)s2)C1. The summed E-state index contributed by atoms with van der Waals surface area (Å²) < 4.78 is 30.0. The third-order valence-corrected chi connectivity index (χ3v) is 8.49. The lowest BCUT2D eigenvalue weighted by atomic mass is 10.1. The van der Waals surface area contributed by atoms with Crippen molar-refractivity contribution in [2.45, 2.75) is 44.5 Å². The molecule has 1 aromatic heterocycles. The molecule has 2 aromatic rings. The highest BCUT2D eigenvalue weighted by Crippen LogP contribution is 2.38. The van der Waals surface area contributed by atoms with Crippen LogP contribution in [0, 0.1) is 0 Å². The highest BCUT2D eigenvalue weighted by atomic mass is 32.2. The second-order valence-electron chi connectivity index (χ2n) is 8.25. The van der Waals surface area contributed by atoms with E-state index in [4.69, 9.17) is 4.74 Å². The Morgan fingerprint density at radius 2 is 1.96 bits per heavy atom. The molecule has 1 aliphatic rings. The Labute approximate surface area is 170 Å². The second kappa shape index (κ2) is 7.48. The molecule has 1 unspecified atom stereocenters. The number of hydrogen-bond acceptors (Lipinski definition) is 6. The molecule has 0 radical (unpaired) electrons. The van der Waals surface area contributed by atoms with Crippen LogP contribution in [0.1, 0.15) is 43.1 Å². The minimum absolute atomic E-state index is 0.0442. The molecule has 0 N–H and O–H groups in total. The van der Waals surface area contributed by atoms with Crippen molar-refractivity contribution in [3.8, 4) is 0 Å². The Morgan fingerprint density at radius 3 is 2.61 bits per heavy atom. The molecule has 1 aliphatic heterocycles. The normalized spacial score (nSPS) is 22.1. The van der Waals surface area contributed by atoms with Crippen molar-refractivity contribution in [3.63, 3.8) is 0 Å². The van der Waals surface area contributed by atoms with Gasteiger partial charge in [-0.05, 0) is 33.3 Å². The van der Waals surface area contributed by atoms with Crippen LogP contribution in [0.2, 0.25) is 0 Å². The molecule has 6 nitrogen and oxygen atoms in total. The van der Waals surface area contributed by atoms with Crippen molar-refractivity contribution >= 4 is 27.3 Å². The molecular weight excluding hydrogens is 396 g/mol. The van der Waals surface area contributed by atoms with Gasteiger partial charge in [0.25, 0.3) is 0 Å². The molecule has 8 heteroatoms. The maximum absolute atomic E-state index is 12.9. The van der Waals surface area contributed by atoms with Crippen molar-refractivity contribution in [1.29, 1.82) is 0 Å². The Morgan fingerprint density at radius 1 is 1.29 bits per heavy atom. The van der Waals surface area contributed by atoms with Crippen LogP contribution in [0.25, 0.3) is 0 Å². The first-order chi connectivity index (χ1) is 13.0. The molecule has 152 valence electrons. The summed E-state index contributed by atoms with van der Waals surface area (Å²) in [5, 5.41) is 0.520. The number of aromatic nitrogens is 1. The number of ether oxygens (including phenoxy) is 1. The van der Waals surface area contributed by atoms with E-state index in [-0.39, 0.29) is 18.8 Å². The largest absolute Gasteiger partial charge is 0.444 e. The lowest BCUT2D eigenvalue weighted by Gasteiger charge is -2.39. The predicted molar refractivity (Wildman–Crippen MR) is 110 cm³/mol. The molecule has 0 bridgehead atoms. The standard InChI is InChI=1S/C20H26N2O4S2/c1-19(2,3)26-18(23)22-10-11-28(24,25)20(4,14-22)17-21-13-16(27-17)12-15-8-6-5-7-9-15/h5-9,13H,10-12,14H2,1-4H3. The number of sulfone groups is 1. The van der Waals surface area contributed by atoms with E-state index in [2.05, 4.69) is 4.98 Å². The van der Waals surface area contributed by atoms with Gasteiger partial charge in [-0.3, -0.25) is 0 Å². The minimum atomic E-state index is -3.45. The monoisotopic (exact) mass is 422 g/mol. The smallest absolute Gasteiger partial charge is 0.410 e. The zero-order valence-electron chi connectivity index (χ0n) is 16.6. The summed E-state index contributed by atoms with van der Waals surface area (Å²) in [7, 11) is -3.45. The fourth-order valence-electron chi connectivity index (χ4n) is 3.11. The molecule has 3 rings (SSSR count). The van der Waals surface area contributed by atoms with Crippen LogP contribution in [0.3, 0.4) is 0 Å². The third kappa shape index (κ3) is 4.38. The van der Waals surface area contributed by atoms with E-state index in [0.29, 0.717) is 11.4 Å². The van der Waals surface area contributed by atoms with Crippen LogP contribution in [0.15, 0.2) is 36.5 Å². The van der Waals surface area contributed by atoms with E-state index in [1.165, 1.54) is 16.2 Å². The molecular formula is C20H26N2O4S2. The maximum atomic E-state index is 12.9. The average Bonchev–Trinajstić information content (AvgIpc) is 3.06. The van der Waals surface area contributed by atoms with Gasteiger partial charge >= 0.3 is 6.09 Å². The number of nitrogens with zero attached hydrogens (tertiary/aromatic N) is 2. The zero-order valence-corrected chi connectivity index (χ0v) is 18.3. The molecule has 1 fully saturated rings. The first-order valence-corrected chi connectivity index (χ1v) is 11.7. The molecule has 28 heavy (non-hydrogen) atoms. The molecule has 0 spiro atoms. The first kappa shape index (κ1) is 20.8. The van der Waals surface area contributed by atoms with Gasteiger partial charge in [0.1, 0.15) is 15.4 Å². The highest BCUT2D eigenvalue weighted by Gasteiger charge is 2.49. The van der Waals surface area contributed by atoms with Gasteiger partial charge in [0.05, 0.1) is 5.75 Å². The van der Waals surface area contributed by atoms with Crippen molar-refractivity contribution in [3.05, 3.63) is 52.0 Å². The van der Waals surface area contributed by atoms with E-state index >= 15 is 0 Å². The zero-order chi connectivity index (χ0) is 20.6. The van der Waals surface area contributed by atoms with Gasteiger partial charge in [-0.1, -0.05) is 30.3 Å². The Kier molecular flexibility index (Phi) is 5.55. The molecule has 1 aromatic carbocycles. The van der Waals surface area contributed by atoms with Gasteiger partial charge in [0, 0.05) is 30.6 Å². The van der Waals surface area contributed by atoms with Crippen molar-refractivity contribution in [2.24, 2.45) is 0 Å². The third-order valence-electron chi connectivity index (χ3n) is 4.69. The van der Waals surface area contributed by atoms with E-state index in [1.54, 1.807) is 33.9 Å². The van der Waals surface area contributed by atoms with Gasteiger partial charge in [-0.25, -0.2) is 18.2 Å². The Balaban J connectivity index is 1.84. The summed E-state index contributed by atoms with van der Waals surface area (Å²) in [6, 6.07) is 9.97. The number of benzene rings is 1. The summed E-state index contributed by atoms with van der Waals surface area (Å²) in [6.07, 6.45) is 1.94. The maximum Gasteiger partial charge on any atom is 0.410 e. The van der Waals surface area contributed by atoms with E-state index in [9.17, 15) is 13.2 Å². The number of amides is 1. The molecule has 1 saturated heterocycles. The number of rotatable bonds is 3. The van der Waals surface area contributed by atoms with Gasteiger partial charge in [-0.15, -0.1) is 11.3 Å². The van der Waals surface area contributed by atoms with E-state index in [1.807, 2.05) is 30.3 Å². The summed E-state index contributed by atoms with van der Waals surface area (Å²) in [5.74, 6) is -0.101. The highest BCUT2D eigenvalue weighted by molar-refractivity contribution is 7.92. The number of carbonyl (C=O) groups is 1. The molecule has 2 heterocycles. The Hall–Kier alpha value is -1.93. The van der Waals surface area contributed by atoms with Crippen molar-refractivity contribution in [2.75, 3.05) is 18.8 Å². The molecule has 0 aliphatic carbocycles. The van der Waals surface area contributed by atoms with Crippen LogP contribution >= 0.6 is 11.3 Å². The van der Waals surface area contributed by atoms with E-state index < -0.39 is 26.3 Å². The van der Waals surface area contributed by atoms with Crippen molar-refractivity contribution < 1.29 is 17.9 Å². The van der Waals surface area contributed by atoms with Gasteiger partial charge in [0.15, 0.2) is 9.84 Å². The number of hydrogen-bond donors (Lipinski definition) is 0. The topological polar surface area (TPSA) is 76.6 Å². The Bertz CT molecular complexity index is 948. The fourth-order valence-corrected chi connectivity index (χ4v) is 6.18. The van der Waals surface area contributed by atoms with Gasteiger partial charge in [-0.2, -0.15) is 0 Å². The molecule has 1 amide bonds. The van der Waals surface area contributed by atoms with Gasteiger partial charge in [0.2, 0.25) is 0 Å². The quantitative estimate of drug-likeness (QED) is 0.755. The molecule has 0 saturated carbocycles. The van der Waals surface area contributed by atoms with Gasteiger partial charge < -0.3 is 9.64 Å². The lowest BCUT2D eigenvalue weighted by molar-refractivity contribution is 0.0233. The number of thiazole rings is 1. The van der Waals surface area contributed by atoms with Crippen LogP contribution in [-0.4, -0.2) is 48.8 Å². The summed E-state index contributed by atoms with van der Waals surface area (Å²) >= 11 is 1.39. The van der Waals surface area contributed by atoms with Crippen molar-refractivity contribution in [1.82, 2.24) is 9.88 Å². The summed E-state index contributed by atoms with van der Waals surface area (Å²) in [5.41, 5.74) is 0.512. The number of carbonyl (C=O) groups excluding carboxylic acids is 1. The van der Waals surface area contributed by atoms with Crippen LogP contribution in [0.5, 0.6) is 0 Å². The second-order valence-corrected chi connectivity index (χ2v) is 11.9. The van der Waals surface area contributed by atoms with Crippen LogP contribution in [-0.2, 0) is 25.7 Å². The predicted octanol–water partition coefficient (Wildman–Crippen LogP) is 3.61. The first-order valence-electron chi connectivity index (χ1n) is 9.19. The van der Waals surface area contributed by atoms with E-state index in [0.717, 1.165) is 10.4 Å². The average molecular weight is 423 g/mol. The minimum Gasteiger partial charge on any atom is -0.444 e. The summed E-state index contributed by atoms with van der Waals surface area (Å²) in [6.45, 7) is 7.21. The molecule has 1 atom stereocenters. The lowest BCUT2D eigenvalue weighted by Crippen LogP contribution is -2.55. The summed E-state index contributed by atoms with van der Waals surface area (Å²) in [4.78, 5) is 19.4. The van der Waals surface area contributed by atoms with Crippen LogP contribution in [0.4, 0.5) is 4.79 Å². The fraction of sp³-hybridized carbons (Fsp3) is 0.500.